The van der Waals surface area contributed by atoms with E-state index < -0.39 is 6.67 Å². The Hall–Kier alpha value is -2.69. The zero-order valence-corrected chi connectivity index (χ0v) is 12.1. The second-order valence-electron chi connectivity index (χ2n) is 4.87. The quantitative estimate of drug-likeness (QED) is 0.690. The Bertz CT molecular complexity index is 826. The molecule has 0 amide bonds. The molecule has 0 fully saturated rings. The molecule has 1 heterocycles. The van der Waals surface area contributed by atoms with Gasteiger partial charge in [-0.1, -0.05) is 12.1 Å². The fraction of sp³-hybridized carbons (Fsp3) is 0.176. The van der Waals surface area contributed by atoms with Crippen LogP contribution in [0.15, 0.2) is 48.7 Å². The first-order chi connectivity index (χ1) is 10.7. The lowest BCUT2D eigenvalue weighted by molar-refractivity contribution is 0.0526. The Morgan fingerprint density at radius 3 is 2.91 bits per heavy atom. The molecule has 2 aromatic carbocycles. The molecule has 0 saturated heterocycles. The predicted molar refractivity (Wildman–Crippen MR) is 81.8 cm³/mol. The summed E-state index contributed by atoms with van der Waals surface area (Å²) in [5.74, 6) is -0.350. The fourth-order valence-corrected chi connectivity index (χ4v) is 2.28. The number of halogens is 1. The monoisotopic (exact) mass is 298 g/mol. The van der Waals surface area contributed by atoms with Crippen LogP contribution in [0.3, 0.4) is 0 Å². The minimum atomic E-state index is -0.512. The Morgan fingerprint density at radius 2 is 2.14 bits per heavy atom. The van der Waals surface area contributed by atoms with Gasteiger partial charge in [0, 0.05) is 11.6 Å². The molecule has 0 spiro atoms. The van der Waals surface area contributed by atoms with Gasteiger partial charge < -0.3 is 4.74 Å². The van der Waals surface area contributed by atoms with E-state index in [-0.39, 0.29) is 5.97 Å². The van der Waals surface area contributed by atoms with E-state index in [4.69, 9.17) is 4.74 Å². The summed E-state index contributed by atoms with van der Waals surface area (Å²) in [5.41, 5.74) is 2.64. The summed E-state index contributed by atoms with van der Waals surface area (Å²) in [6.45, 7) is 1.60. The smallest absolute Gasteiger partial charge is 0.338 e. The number of ether oxygens (including phenoxy) is 1. The molecule has 0 bridgehead atoms. The topological polar surface area (TPSA) is 44.1 Å². The number of hydrogen-bond acceptors (Lipinski definition) is 3. The van der Waals surface area contributed by atoms with Crippen molar-refractivity contribution >= 4 is 16.9 Å². The molecule has 0 radical (unpaired) electrons. The van der Waals surface area contributed by atoms with E-state index >= 15 is 0 Å². The highest BCUT2D eigenvalue weighted by atomic mass is 19.1. The van der Waals surface area contributed by atoms with Crippen molar-refractivity contribution in [2.75, 3.05) is 6.61 Å². The molecule has 22 heavy (non-hydrogen) atoms. The van der Waals surface area contributed by atoms with E-state index in [9.17, 15) is 9.18 Å². The molecule has 5 heteroatoms. The van der Waals surface area contributed by atoms with Crippen LogP contribution < -0.4 is 0 Å². The summed E-state index contributed by atoms with van der Waals surface area (Å²) < 4.78 is 19.4. The maximum absolute atomic E-state index is 12.8. The van der Waals surface area contributed by atoms with Gasteiger partial charge in [0.25, 0.3) is 0 Å². The minimum Gasteiger partial charge on any atom is -0.462 e. The van der Waals surface area contributed by atoms with Gasteiger partial charge in [0.1, 0.15) is 6.67 Å². The summed E-state index contributed by atoms with van der Waals surface area (Å²) >= 11 is 0. The second-order valence-corrected chi connectivity index (χ2v) is 4.87. The lowest BCUT2D eigenvalue weighted by atomic mass is 10.1. The Morgan fingerprint density at radius 1 is 1.27 bits per heavy atom. The summed E-state index contributed by atoms with van der Waals surface area (Å²) in [6, 6.07) is 12.3. The van der Waals surface area contributed by atoms with E-state index in [1.54, 1.807) is 48.0 Å². The van der Waals surface area contributed by atoms with Crippen molar-refractivity contribution in [2.24, 2.45) is 0 Å². The van der Waals surface area contributed by atoms with Crippen LogP contribution in [0.4, 0.5) is 4.39 Å². The third-order valence-electron chi connectivity index (χ3n) is 3.34. The Labute approximate surface area is 127 Å². The highest BCUT2D eigenvalue weighted by Crippen LogP contribution is 2.19. The molecule has 3 rings (SSSR count). The largest absolute Gasteiger partial charge is 0.462 e. The van der Waals surface area contributed by atoms with E-state index in [1.165, 1.54) is 0 Å². The number of carbonyl (C=O) groups is 1. The van der Waals surface area contributed by atoms with Crippen LogP contribution in [0.5, 0.6) is 0 Å². The van der Waals surface area contributed by atoms with Crippen molar-refractivity contribution in [1.29, 1.82) is 0 Å². The van der Waals surface area contributed by atoms with Crippen molar-refractivity contribution in [3.8, 4) is 5.69 Å². The number of hydrogen-bond donors (Lipinski definition) is 0. The van der Waals surface area contributed by atoms with Crippen LogP contribution in [-0.4, -0.2) is 22.4 Å². The average Bonchev–Trinajstić information content (AvgIpc) is 2.98. The number of alkyl halides is 1. The Balaban J connectivity index is 2.00. The minimum absolute atomic E-state index is 0.339. The van der Waals surface area contributed by atoms with Crippen molar-refractivity contribution in [1.82, 2.24) is 9.78 Å². The molecule has 0 aliphatic carbocycles. The van der Waals surface area contributed by atoms with Crippen molar-refractivity contribution in [3.63, 3.8) is 0 Å². The van der Waals surface area contributed by atoms with Crippen molar-refractivity contribution in [2.45, 2.75) is 13.6 Å². The van der Waals surface area contributed by atoms with Gasteiger partial charge in [-0.15, -0.1) is 0 Å². The van der Waals surface area contributed by atoms with Gasteiger partial charge in [-0.3, -0.25) is 0 Å². The van der Waals surface area contributed by atoms with Crippen molar-refractivity contribution < 1.29 is 13.9 Å². The molecule has 1 aromatic heterocycles. The molecular weight excluding hydrogens is 283 g/mol. The third-order valence-corrected chi connectivity index (χ3v) is 3.34. The first-order valence-corrected chi connectivity index (χ1v) is 7.03. The number of fused-ring (bicyclic) bond motifs is 1. The number of aromatic nitrogens is 2. The first kappa shape index (κ1) is 14.3. The SMILES string of the molecule is CCOC(=O)c1ccc2nn(-c3cccc(CF)c3)cc2c1. The van der Waals surface area contributed by atoms with Crippen LogP contribution in [0.2, 0.25) is 0 Å². The highest BCUT2D eigenvalue weighted by molar-refractivity contribution is 5.94. The average molecular weight is 298 g/mol. The zero-order chi connectivity index (χ0) is 15.5. The fourth-order valence-electron chi connectivity index (χ4n) is 2.28. The van der Waals surface area contributed by atoms with Gasteiger partial charge in [0.2, 0.25) is 0 Å². The molecular formula is C17H15FN2O2. The standard InChI is InChI=1S/C17H15FN2O2/c1-2-22-17(21)13-6-7-16-14(9-13)11-20(19-16)15-5-3-4-12(8-15)10-18/h3-9,11H,2,10H2,1H3. The zero-order valence-electron chi connectivity index (χ0n) is 12.1. The van der Waals surface area contributed by atoms with Crippen LogP contribution >= 0.6 is 0 Å². The highest BCUT2D eigenvalue weighted by Gasteiger charge is 2.09. The molecule has 0 atom stereocenters. The third kappa shape index (κ3) is 2.70. The molecule has 0 aliphatic heterocycles. The van der Waals surface area contributed by atoms with Gasteiger partial charge in [-0.05, 0) is 42.8 Å². The van der Waals surface area contributed by atoms with Crippen LogP contribution in [0.25, 0.3) is 16.6 Å². The normalized spacial score (nSPS) is 10.8. The molecule has 3 aromatic rings. The maximum atomic E-state index is 12.8. The molecule has 0 saturated carbocycles. The lowest BCUT2D eigenvalue weighted by Gasteiger charge is -2.02. The Kier molecular flexibility index (Phi) is 3.87. The second kappa shape index (κ2) is 5.97. The molecule has 4 nitrogen and oxygen atoms in total. The number of rotatable bonds is 4. The van der Waals surface area contributed by atoms with E-state index in [1.807, 2.05) is 12.3 Å². The van der Waals surface area contributed by atoms with E-state index in [0.717, 1.165) is 16.6 Å². The van der Waals surface area contributed by atoms with Crippen LogP contribution in [0, 0.1) is 0 Å². The van der Waals surface area contributed by atoms with Gasteiger partial charge in [0.15, 0.2) is 0 Å². The molecule has 0 unspecified atom stereocenters. The van der Waals surface area contributed by atoms with E-state index in [0.29, 0.717) is 17.7 Å². The molecule has 0 aliphatic rings. The maximum Gasteiger partial charge on any atom is 0.338 e. The molecule has 112 valence electrons. The summed E-state index contributed by atoms with van der Waals surface area (Å²) in [4.78, 5) is 11.8. The predicted octanol–water partition coefficient (Wildman–Crippen LogP) is 3.67. The number of esters is 1. The first-order valence-electron chi connectivity index (χ1n) is 7.03. The van der Waals surface area contributed by atoms with Gasteiger partial charge >= 0.3 is 5.97 Å². The summed E-state index contributed by atoms with van der Waals surface area (Å²) in [5, 5.41) is 5.28. The lowest BCUT2D eigenvalue weighted by Crippen LogP contribution is -2.03. The number of benzene rings is 2. The number of carbonyl (C=O) groups excluding carboxylic acids is 1. The summed E-state index contributed by atoms with van der Waals surface area (Å²) in [6.07, 6.45) is 1.81. The molecule has 0 N–H and O–H groups in total. The van der Waals surface area contributed by atoms with E-state index in [2.05, 4.69) is 5.10 Å². The van der Waals surface area contributed by atoms with Gasteiger partial charge in [-0.2, -0.15) is 5.10 Å². The number of nitrogens with zero attached hydrogens (tertiary/aromatic N) is 2. The van der Waals surface area contributed by atoms with Crippen LogP contribution in [-0.2, 0) is 11.4 Å². The van der Waals surface area contributed by atoms with Gasteiger partial charge in [0.05, 0.1) is 23.4 Å². The van der Waals surface area contributed by atoms with Crippen molar-refractivity contribution in [3.05, 3.63) is 59.8 Å². The van der Waals surface area contributed by atoms with Crippen LogP contribution in [0.1, 0.15) is 22.8 Å². The summed E-state index contributed by atoms with van der Waals surface area (Å²) in [7, 11) is 0. The van der Waals surface area contributed by atoms with Gasteiger partial charge in [-0.25, -0.2) is 13.9 Å².